The Morgan fingerprint density at radius 1 is 1.17 bits per heavy atom. The molecule has 2 rings (SSSR count). The normalized spacial score (nSPS) is 45.7. The number of rotatable bonds is 0. The van der Waals surface area contributed by atoms with Gasteiger partial charge in [0.1, 0.15) is 0 Å². The van der Waals surface area contributed by atoms with Crippen LogP contribution >= 0.6 is 0 Å². The van der Waals surface area contributed by atoms with E-state index in [-0.39, 0.29) is 5.41 Å². The van der Waals surface area contributed by atoms with Crippen molar-refractivity contribution < 1.29 is 5.11 Å². The molecule has 2 unspecified atom stereocenters. The summed E-state index contributed by atoms with van der Waals surface area (Å²) in [5.74, 6) is 0.838. The highest BCUT2D eigenvalue weighted by atomic mass is 16.3. The Bertz CT molecular complexity index is 208. The van der Waals surface area contributed by atoms with Crippen molar-refractivity contribution in [2.24, 2.45) is 17.3 Å². The second-order valence-electron chi connectivity index (χ2n) is 5.25. The maximum absolute atomic E-state index is 10.6. The molecule has 2 atom stereocenters. The minimum absolute atomic E-state index is 0.0162. The molecule has 68 valence electrons. The lowest BCUT2D eigenvalue weighted by molar-refractivity contribution is -0.0886. The van der Waals surface area contributed by atoms with Crippen molar-refractivity contribution in [2.75, 3.05) is 0 Å². The van der Waals surface area contributed by atoms with Crippen LogP contribution in [0.2, 0.25) is 0 Å². The standard InChI is InChI=1S/C11H18O/c1-10(2,3)11(12)8-4-5-9(11)7-6-8/h4-5,8-9,12H,6-7H2,1-3H3. The first kappa shape index (κ1) is 8.31. The van der Waals surface area contributed by atoms with Crippen LogP contribution in [0.15, 0.2) is 12.2 Å². The molecule has 0 saturated heterocycles. The van der Waals surface area contributed by atoms with Gasteiger partial charge in [-0.15, -0.1) is 0 Å². The molecule has 1 heteroatoms. The van der Waals surface area contributed by atoms with Gasteiger partial charge in [0.25, 0.3) is 0 Å². The second-order valence-corrected chi connectivity index (χ2v) is 5.25. The van der Waals surface area contributed by atoms with Gasteiger partial charge in [0.2, 0.25) is 0 Å². The van der Waals surface area contributed by atoms with Gasteiger partial charge in [-0.05, 0) is 18.3 Å². The van der Waals surface area contributed by atoms with Gasteiger partial charge < -0.3 is 5.11 Å². The zero-order chi connectivity index (χ0) is 8.98. The van der Waals surface area contributed by atoms with E-state index >= 15 is 0 Å². The third kappa shape index (κ3) is 0.779. The van der Waals surface area contributed by atoms with Gasteiger partial charge in [-0.2, -0.15) is 0 Å². The molecule has 1 N–H and O–H groups in total. The molecule has 1 saturated carbocycles. The molecule has 0 aromatic carbocycles. The van der Waals surface area contributed by atoms with Crippen LogP contribution in [0.3, 0.4) is 0 Å². The Kier molecular flexibility index (Phi) is 1.48. The largest absolute Gasteiger partial charge is 0.388 e. The summed E-state index contributed by atoms with van der Waals surface area (Å²) in [6.45, 7) is 6.43. The van der Waals surface area contributed by atoms with Crippen LogP contribution in [-0.2, 0) is 0 Å². The van der Waals surface area contributed by atoms with Gasteiger partial charge in [0, 0.05) is 11.8 Å². The van der Waals surface area contributed by atoms with Crippen LogP contribution in [0.25, 0.3) is 0 Å². The van der Waals surface area contributed by atoms with Crippen molar-refractivity contribution in [3.05, 3.63) is 12.2 Å². The Labute approximate surface area is 74.5 Å². The zero-order valence-corrected chi connectivity index (χ0v) is 8.17. The highest BCUT2D eigenvalue weighted by Gasteiger charge is 2.56. The predicted octanol–water partition coefficient (Wildman–Crippen LogP) is 2.36. The van der Waals surface area contributed by atoms with Crippen molar-refractivity contribution in [3.8, 4) is 0 Å². The van der Waals surface area contributed by atoms with Crippen molar-refractivity contribution >= 4 is 0 Å². The Morgan fingerprint density at radius 3 is 1.75 bits per heavy atom. The maximum Gasteiger partial charge on any atom is 0.0820 e. The number of hydrogen-bond acceptors (Lipinski definition) is 1. The summed E-state index contributed by atoms with van der Waals surface area (Å²) in [4.78, 5) is 0. The van der Waals surface area contributed by atoms with Crippen molar-refractivity contribution in [1.29, 1.82) is 0 Å². The Morgan fingerprint density at radius 2 is 1.58 bits per heavy atom. The summed E-state index contributed by atoms with van der Waals surface area (Å²) in [6, 6.07) is 0. The fraction of sp³-hybridized carbons (Fsp3) is 0.818. The van der Waals surface area contributed by atoms with E-state index in [1.54, 1.807) is 0 Å². The molecule has 0 aromatic heterocycles. The molecule has 2 aliphatic rings. The van der Waals surface area contributed by atoms with E-state index in [1.165, 1.54) is 12.8 Å². The van der Waals surface area contributed by atoms with Crippen LogP contribution in [-0.4, -0.2) is 10.7 Å². The highest BCUT2D eigenvalue weighted by molar-refractivity contribution is 5.22. The van der Waals surface area contributed by atoms with Crippen molar-refractivity contribution in [2.45, 2.75) is 39.2 Å². The van der Waals surface area contributed by atoms with Crippen LogP contribution in [0.1, 0.15) is 33.6 Å². The van der Waals surface area contributed by atoms with Gasteiger partial charge in [0.05, 0.1) is 5.60 Å². The van der Waals surface area contributed by atoms with Gasteiger partial charge in [-0.3, -0.25) is 0 Å². The third-order valence-corrected chi connectivity index (χ3v) is 3.70. The van der Waals surface area contributed by atoms with Gasteiger partial charge in [-0.25, -0.2) is 0 Å². The highest BCUT2D eigenvalue weighted by Crippen LogP contribution is 2.55. The summed E-state index contributed by atoms with van der Waals surface area (Å²) in [5, 5.41) is 10.6. The lowest BCUT2D eigenvalue weighted by atomic mass is 9.69. The first-order chi connectivity index (χ1) is 5.46. The Hall–Kier alpha value is -0.300. The molecule has 2 aliphatic carbocycles. The van der Waals surface area contributed by atoms with Crippen LogP contribution < -0.4 is 0 Å². The monoisotopic (exact) mass is 166 g/mol. The van der Waals surface area contributed by atoms with Crippen molar-refractivity contribution in [1.82, 2.24) is 0 Å². The summed E-state index contributed by atoms with van der Waals surface area (Å²) in [7, 11) is 0. The fourth-order valence-electron chi connectivity index (χ4n) is 2.94. The maximum atomic E-state index is 10.6. The lowest BCUT2D eigenvalue weighted by Crippen LogP contribution is -2.47. The molecule has 1 nitrogen and oxygen atoms in total. The molecule has 2 bridgehead atoms. The molecule has 12 heavy (non-hydrogen) atoms. The van der Waals surface area contributed by atoms with E-state index in [1.807, 2.05) is 0 Å². The minimum Gasteiger partial charge on any atom is -0.388 e. The molecule has 0 heterocycles. The topological polar surface area (TPSA) is 20.2 Å². The number of hydrogen-bond donors (Lipinski definition) is 1. The molecule has 0 amide bonds. The first-order valence-corrected chi connectivity index (χ1v) is 4.87. The minimum atomic E-state index is -0.451. The molecular formula is C11H18O. The van der Waals surface area contributed by atoms with E-state index < -0.39 is 5.60 Å². The lowest BCUT2D eigenvalue weighted by Gasteiger charge is -2.41. The second kappa shape index (κ2) is 2.14. The fourth-order valence-corrected chi connectivity index (χ4v) is 2.94. The SMILES string of the molecule is CC(C)(C)C1(O)C2C=CC1CC2. The number of fused-ring (bicyclic) bond motifs is 2. The first-order valence-electron chi connectivity index (χ1n) is 4.87. The zero-order valence-electron chi connectivity index (χ0n) is 8.17. The predicted molar refractivity (Wildman–Crippen MR) is 49.8 cm³/mol. The van der Waals surface area contributed by atoms with E-state index in [0.29, 0.717) is 11.8 Å². The van der Waals surface area contributed by atoms with E-state index in [0.717, 1.165) is 0 Å². The quantitative estimate of drug-likeness (QED) is 0.548. The summed E-state index contributed by atoms with van der Waals surface area (Å²) in [6.07, 6.45) is 6.77. The summed E-state index contributed by atoms with van der Waals surface area (Å²) >= 11 is 0. The molecular weight excluding hydrogens is 148 g/mol. The van der Waals surface area contributed by atoms with Gasteiger partial charge in [0.15, 0.2) is 0 Å². The van der Waals surface area contributed by atoms with E-state index in [2.05, 4.69) is 32.9 Å². The summed E-state index contributed by atoms with van der Waals surface area (Å²) < 4.78 is 0. The van der Waals surface area contributed by atoms with E-state index in [9.17, 15) is 5.11 Å². The van der Waals surface area contributed by atoms with Crippen LogP contribution in [0, 0.1) is 17.3 Å². The Balaban J connectivity index is 2.36. The third-order valence-electron chi connectivity index (χ3n) is 3.70. The van der Waals surface area contributed by atoms with E-state index in [4.69, 9.17) is 0 Å². The smallest absolute Gasteiger partial charge is 0.0820 e. The average Bonchev–Trinajstić information content (AvgIpc) is 2.45. The molecule has 0 aliphatic heterocycles. The molecule has 0 radical (unpaired) electrons. The summed E-state index contributed by atoms with van der Waals surface area (Å²) in [5.41, 5.74) is -0.435. The van der Waals surface area contributed by atoms with Crippen molar-refractivity contribution in [3.63, 3.8) is 0 Å². The average molecular weight is 166 g/mol. The molecule has 0 spiro atoms. The van der Waals surface area contributed by atoms with Gasteiger partial charge >= 0.3 is 0 Å². The van der Waals surface area contributed by atoms with Gasteiger partial charge in [-0.1, -0.05) is 32.9 Å². The molecule has 0 aromatic rings. The molecule has 1 fully saturated rings. The van der Waals surface area contributed by atoms with Crippen LogP contribution in [0.4, 0.5) is 0 Å². The van der Waals surface area contributed by atoms with Crippen LogP contribution in [0.5, 0.6) is 0 Å². The number of aliphatic hydroxyl groups is 1.